The van der Waals surface area contributed by atoms with Gasteiger partial charge in [0.15, 0.2) is 0 Å². The van der Waals surface area contributed by atoms with E-state index in [-0.39, 0.29) is 12.0 Å². The second kappa shape index (κ2) is 8.67. The van der Waals surface area contributed by atoms with Crippen LogP contribution in [0.3, 0.4) is 0 Å². The zero-order valence-corrected chi connectivity index (χ0v) is 16.4. The van der Waals surface area contributed by atoms with Gasteiger partial charge in [0, 0.05) is 34.4 Å². The van der Waals surface area contributed by atoms with Gasteiger partial charge in [-0.05, 0) is 59.7 Å². The van der Waals surface area contributed by atoms with Crippen molar-refractivity contribution in [1.82, 2.24) is 4.90 Å². The molecule has 1 atom stereocenters. The Labute approximate surface area is 162 Å². The van der Waals surface area contributed by atoms with Crippen LogP contribution in [0.4, 0.5) is 0 Å². The third-order valence-electron chi connectivity index (χ3n) is 4.36. The predicted molar refractivity (Wildman–Crippen MR) is 106 cm³/mol. The van der Waals surface area contributed by atoms with Crippen molar-refractivity contribution < 1.29 is 14.3 Å². The summed E-state index contributed by atoms with van der Waals surface area (Å²) in [5, 5.41) is 0. The number of halogens is 1. The van der Waals surface area contributed by atoms with E-state index in [1.807, 2.05) is 53.4 Å². The summed E-state index contributed by atoms with van der Waals surface area (Å²) in [6.07, 6.45) is 2.17. The first-order valence-electron chi connectivity index (χ1n) is 8.45. The first-order chi connectivity index (χ1) is 12.2. The van der Waals surface area contributed by atoms with Crippen molar-refractivity contribution in [2.45, 2.75) is 25.5 Å². The van der Waals surface area contributed by atoms with Crippen molar-refractivity contribution in [3.63, 3.8) is 0 Å². The van der Waals surface area contributed by atoms with Crippen molar-refractivity contribution in [2.24, 2.45) is 0 Å². The molecule has 2 aromatic carbocycles. The standard InChI is InChI=1S/C20H22INO3/c1-24-19-10-3-2-6-16(19)13-22(14-18-9-5-11-25-18)20(23)15-7-4-8-17(21)12-15/h2-4,6-8,10,12,18H,5,9,11,13-14H2,1H3. The molecule has 0 N–H and O–H groups in total. The second-order valence-electron chi connectivity index (χ2n) is 6.14. The normalized spacial score (nSPS) is 16.6. The molecule has 0 saturated carbocycles. The summed E-state index contributed by atoms with van der Waals surface area (Å²) in [4.78, 5) is 15.0. The number of benzene rings is 2. The quantitative estimate of drug-likeness (QED) is 0.621. The van der Waals surface area contributed by atoms with Crippen molar-refractivity contribution >= 4 is 28.5 Å². The molecule has 1 amide bonds. The van der Waals surface area contributed by atoms with Gasteiger partial charge in [-0.15, -0.1) is 0 Å². The highest BCUT2D eigenvalue weighted by Crippen LogP contribution is 2.23. The highest BCUT2D eigenvalue weighted by molar-refractivity contribution is 14.1. The van der Waals surface area contributed by atoms with Gasteiger partial charge in [0.1, 0.15) is 5.75 Å². The van der Waals surface area contributed by atoms with E-state index in [1.165, 1.54) is 0 Å². The molecule has 0 radical (unpaired) electrons. The fraction of sp³-hybridized carbons (Fsp3) is 0.350. The van der Waals surface area contributed by atoms with Crippen molar-refractivity contribution in [3.05, 3.63) is 63.2 Å². The number of hydrogen-bond acceptors (Lipinski definition) is 3. The van der Waals surface area contributed by atoms with Crippen LogP contribution in [0.15, 0.2) is 48.5 Å². The topological polar surface area (TPSA) is 38.8 Å². The number of methoxy groups -OCH3 is 1. The molecule has 132 valence electrons. The summed E-state index contributed by atoms with van der Waals surface area (Å²) < 4.78 is 12.3. The molecule has 4 nitrogen and oxygen atoms in total. The Kier molecular flexibility index (Phi) is 6.31. The minimum atomic E-state index is 0.0277. The Morgan fingerprint density at radius 3 is 2.84 bits per heavy atom. The van der Waals surface area contributed by atoms with Gasteiger partial charge in [0.05, 0.1) is 13.2 Å². The molecule has 1 saturated heterocycles. The fourth-order valence-corrected chi connectivity index (χ4v) is 3.64. The monoisotopic (exact) mass is 451 g/mol. The summed E-state index contributed by atoms with van der Waals surface area (Å²) in [7, 11) is 1.66. The van der Waals surface area contributed by atoms with E-state index in [0.717, 1.165) is 34.3 Å². The van der Waals surface area contributed by atoms with E-state index in [1.54, 1.807) is 7.11 Å². The number of nitrogens with zero attached hydrogens (tertiary/aromatic N) is 1. The fourth-order valence-electron chi connectivity index (χ4n) is 3.10. The molecule has 0 aromatic heterocycles. The van der Waals surface area contributed by atoms with Gasteiger partial charge in [0.2, 0.25) is 0 Å². The van der Waals surface area contributed by atoms with Crippen LogP contribution in [0.2, 0.25) is 0 Å². The van der Waals surface area contributed by atoms with Gasteiger partial charge in [-0.2, -0.15) is 0 Å². The summed E-state index contributed by atoms with van der Waals surface area (Å²) in [5.74, 6) is 0.829. The highest BCUT2D eigenvalue weighted by atomic mass is 127. The Hall–Kier alpha value is -1.60. The maximum absolute atomic E-state index is 13.1. The molecule has 2 aromatic rings. The van der Waals surface area contributed by atoms with Crippen LogP contribution in [-0.4, -0.2) is 37.2 Å². The molecular formula is C20H22INO3. The Balaban J connectivity index is 1.84. The van der Waals surface area contributed by atoms with Crippen LogP contribution in [0.5, 0.6) is 5.75 Å². The average Bonchev–Trinajstić information content (AvgIpc) is 3.14. The Morgan fingerprint density at radius 2 is 2.12 bits per heavy atom. The number of hydrogen-bond donors (Lipinski definition) is 0. The van der Waals surface area contributed by atoms with Gasteiger partial charge in [-0.3, -0.25) is 4.79 Å². The Bertz CT molecular complexity index is 728. The predicted octanol–water partition coefficient (Wildman–Crippen LogP) is 4.12. The first kappa shape index (κ1) is 18.2. The van der Waals surface area contributed by atoms with Crippen molar-refractivity contribution in [3.8, 4) is 5.75 Å². The number of carbonyl (C=O) groups excluding carboxylic acids is 1. The number of carbonyl (C=O) groups is 1. The average molecular weight is 451 g/mol. The third-order valence-corrected chi connectivity index (χ3v) is 5.03. The molecule has 3 rings (SSSR count). The lowest BCUT2D eigenvalue weighted by atomic mass is 10.1. The molecule has 25 heavy (non-hydrogen) atoms. The maximum Gasteiger partial charge on any atom is 0.254 e. The first-order valence-corrected chi connectivity index (χ1v) is 9.53. The summed E-state index contributed by atoms with van der Waals surface area (Å²) in [6.45, 7) is 1.89. The molecule has 0 spiro atoms. The van der Waals surface area contributed by atoms with E-state index >= 15 is 0 Å². The second-order valence-corrected chi connectivity index (χ2v) is 7.39. The Morgan fingerprint density at radius 1 is 1.28 bits per heavy atom. The lowest BCUT2D eigenvalue weighted by Crippen LogP contribution is -2.37. The summed E-state index contributed by atoms with van der Waals surface area (Å²) in [6, 6.07) is 15.5. The van der Waals surface area contributed by atoms with Crippen molar-refractivity contribution in [2.75, 3.05) is 20.3 Å². The molecular weight excluding hydrogens is 429 g/mol. The minimum Gasteiger partial charge on any atom is -0.496 e. The molecule has 1 fully saturated rings. The number of amides is 1. The smallest absolute Gasteiger partial charge is 0.254 e. The molecule has 5 heteroatoms. The maximum atomic E-state index is 13.1. The van der Waals surface area contributed by atoms with Gasteiger partial charge >= 0.3 is 0 Å². The number of para-hydroxylation sites is 1. The van der Waals surface area contributed by atoms with Crippen LogP contribution in [0.25, 0.3) is 0 Å². The zero-order chi connectivity index (χ0) is 17.6. The van der Waals surface area contributed by atoms with E-state index < -0.39 is 0 Å². The molecule has 1 aliphatic rings. The van der Waals surface area contributed by atoms with Gasteiger partial charge in [0.25, 0.3) is 5.91 Å². The lowest BCUT2D eigenvalue weighted by Gasteiger charge is -2.26. The van der Waals surface area contributed by atoms with E-state index in [0.29, 0.717) is 18.7 Å². The largest absolute Gasteiger partial charge is 0.496 e. The van der Waals surface area contributed by atoms with Crippen LogP contribution in [0.1, 0.15) is 28.8 Å². The minimum absolute atomic E-state index is 0.0277. The van der Waals surface area contributed by atoms with E-state index in [2.05, 4.69) is 22.6 Å². The van der Waals surface area contributed by atoms with Crippen LogP contribution in [0, 0.1) is 3.57 Å². The van der Waals surface area contributed by atoms with Crippen LogP contribution in [-0.2, 0) is 11.3 Å². The number of rotatable bonds is 6. The van der Waals surface area contributed by atoms with Gasteiger partial charge in [-0.25, -0.2) is 0 Å². The van der Waals surface area contributed by atoms with Gasteiger partial charge in [-0.1, -0.05) is 24.3 Å². The van der Waals surface area contributed by atoms with Crippen molar-refractivity contribution in [1.29, 1.82) is 0 Å². The number of ether oxygens (including phenoxy) is 2. The summed E-state index contributed by atoms with van der Waals surface area (Å²) >= 11 is 2.23. The SMILES string of the molecule is COc1ccccc1CN(CC1CCCO1)C(=O)c1cccc(I)c1. The van der Waals surface area contributed by atoms with E-state index in [9.17, 15) is 4.79 Å². The molecule has 0 aliphatic carbocycles. The molecule has 1 aliphatic heterocycles. The zero-order valence-electron chi connectivity index (χ0n) is 14.3. The van der Waals surface area contributed by atoms with Gasteiger partial charge < -0.3 is 14.4 Å². The highest BCUT2D eigenvalue weighted by Gasteiger charge is 2.24. The van der Waals surface area contributed by atoms with Crippen LogP contribution < -0.4 is 4.74 Å². The third kappa shape index (κ3) is 4.73. The molecule has 1 heterocycles. The van der Waals surface area contributed by atoms with Crippen LogP contribution >= 0.6 is 22.6 Å². The summed E-state index contributed by atoms with van der Waals surface area (Å²) in [5.41, 5.74) is 1.71. The molecule has 0 bridgehead atoms. The van der Waals surface area contributed by atoms with E-state index in [4.69, 9.17) is 9.47 Å². The lowest BCUT2D eigenvalue weighted by molar-refractivity contribution is 0.0505. The molecule has 1 unspecified atom stereocenters.